The molecule has 0 amide bonds. The van der Waals surface area contributed by atoms with Gasteiger partial charge in [0.25, 0.3) is 0 Å². The molecule has 1 aromatic carbocycles. The van der Waals surface area contributed by atoms with Crippen molar-refractivity contribution in [3.05, 3.63) is 35.9 Å². The zero-order valence-electron chi connectivity index (χ0n) is 12.9. The number of hydrogen-bond donors (Lipinski definition) is 2. The molecule has 1 heterocycles. The van der Waals surface area contributed by atoms with Crippen LogP contribution < -0.4 is 11.1 Å². The van der Waals surface area contributed by atoms with Gasteiger partial charge in [0.15, 0.2) is 0 Å². The van der Waals surface area contributed by atoms with Crippen molar-refractivity contribution in [1.82, 2.24) is 10.2 Å². The van der Waals surface area contributed by atoms with E-state index < -0.39 is 0 Å². The first kappa shape index (κ1) is 15.5. The van der Waals surface area contributed by atoms with Crippen LogP contribution in [0.4, 0.5) is 0 Å². The lowest BCUT2D eigenvalue weighted by Gasteiger charge is -2.33. The molecule has 20 heavy (non-hydrogen) atoms. The molecular weight excluding hydrogens is 246 g/mol. The highest BCUT2D eigenvalue weighted by molar-refractivity contribution is 5.15. The molecule has 0 bridgehead atoms. The molecule has 3 N–H and O–H groups in total. The van der Waals surface area contributed by atoms with Gasteiger partial charge in [-0.25, -0.2) is 0 Å². The molecule has 1 atom stereocenters. The highest BCUT2D eigenvalue weighted by Gasteiger charge is 2.31. The number of rotatable bonds is 5. The highest BCUT2D eigenvalue weighted by atomic mass is 15.2. The molecule has 3 heteroatoms. The number of nitrogens with one attached hydrogen (secondary N) is 1. The van der Waals surface area contributed by atoms with Crippen LogP contribution in [-0.4, -0.2) is 36.1 Å². The van der Waals surface area contributed by atoms with Gasteiger partial charge < -0.3 is 16.0 Å². The Hall–Kier alpha value is -0.900. The molecule has 1 saturated heterocycles. The monoisotopic (exact) mass is 275 g/mol. The van der Waals surface area contributed by atoms with E-state index >= 15 is 0 Å². The van der Waals surface area contributed by atoms with Crippen LogP contribution in [0, 0.1) is 0 Å². The third kappa shape index (κ3) is 4.05. The van der Waals surface area contributed by atoms with Crippen LogP contribution in [0.3, 0.4) is 0 Å². The molecule has 3 nitrogen and oxygen atoms in total. The Labute approximate surface area is 123 Å². The summed E-state index contributed by atoms with van der Waals surface area (Å²) >= 11 is 0. The molecule has 1 aromatic rings. The Bertz CT molecular complexity index is 390. The standard InChI is InChI=1S/C17H29N3/c1-15(2)20-11-6-9-17(14-18,10-12-20)19-13-16-7-4-3-5-8-16/h3-5,7-8,15,19H,6,9-14,18H2,1-2H3. The first-order chi connectivity index (χ1) is 9.65. The Balaban J connectivity index is 1.95. The average Bonchev–Trinajstić information content (AvgIpc) is 2.69. The number of likely N-dealkylation sites (tertiary alicyclic amines) is 1. The van der Waals surface area contributed by atoms with Crippen LogP contribution in [0.5, 0.6) is 0 Å². The topological polar surface area (TPSA) is 41.3 Å². The minimum Gasteiger partial charge on any atom is -0.329 e. The fourth-order valence-corrected chi connectivity index (χ4v) is 3.07. The second-order valence-corrected chi connectivity index (χ2v) is 6.31. The van der Waals surface area contributed by atoms with Crippen LogP contribution in [0.2, 0.25) is 0 Å². The van der Waals surface area contributed by atoms with Gasteiger partial charge in [0, 0.05) is 31.2 Å². The van der Waals surface area contributed by atoms with Crippen LogP contribution in [0.25, 0.3) is 0 Å². The lowest BCUT2D eigenvalue weighted by atomic mass is 9.90. The van der Waals surface area contributed by atoms with E-state index in [1.165, 1.54) is 24.9 Å². The summed E-state index contributed by atoms with van der Waals surface area (Å²) in [6.45, 7) is 8.56. The second kappa shape index (κ2) is 7.21. The molecule has 0 saturated carbocycles. The van der Waals surface area contributed by atoms with Crippen molar-refractivity contribution in [2.24, 2.45) is 5.73 Å². The fraction of sp³-hybridized carbons (Fsp3) is 0.647. The van der Waals surface area contributed by atoms with Crippen molar-refractivity contribution in [1.29, 1.82) is 0 Å². The Morgan fingerprint density at radius 3 is 2.60 bits per heavy atom. The van der Waals surface area contributed by atoms with Crippen molar-refractivity contribution >= 4 is 0 Å². The highest BCUT2D eigenvalue weighted by Crippen LogP contribution is 2.23. The van der Waals surface area contributed by atoms with E-state index in [1.54, 1.807) is 0 Å². The molecule has 1 aliphatic heterocycles. The predicted octanol–water partition coefficient (Wildman–Crippen LogP) is 2.37. The van der Waals surface area contributed by atoms with Crippen molar-refractivity contribution in [2.45, 2.75) is 51.2 Å². The third-order valence-corrected chi connectivity index (χ3v) is 4.61. The summed E-state index contributed by atoms with van der Waals surface area (Å²) in [5.74, 6) is 0. The van der Waals surface area contributed by atoms with Gasteiger partial charge in [-0.2, -0.15) is 0 Å². The van der Waals surface area contributed by atoms with Crippen molar-refractivity contribution < 1.29 is 0 Å². The maximum atomic E-state index is 6.11. The molecule has 1 aliphatic rings. The minimum atomic E-state index is 0.111. The van der Waals surface area contributed by atoms with E-state index in [4.69, 9.17) is 5.73 Å². The number of hydrogen-bond acceptors (Lipinski definition) is 3. The summed E-state index contributed by atoms with van der Waals surface area (Å²) in [5.41, 5.74) is 7.56. The SMILES string of the molecule is CC(C)N1CCCC(CN)(NCc2ccccc2)CC1. The Morgan fingerprint density at radius 2 is 1.95 bits per heavy atom. The summed E-state index contributed by atoms with van der Waals surface area (Å²) < 4.78 is 0. The average molecular weight is 275 g/mol. The maximum absolute atomic E-state index is 6.11. The molecule has 0 aliphatic carbocycles. The smallest absolute Gasteiger partial charge is 0.0319 e. The molecule has 1 fully saturated rings. The van der Waals surface area contributed by atoms with E-state index in [-0.39, 0.29) is 5.54 Å². The number of nitrogens with zero attached hydrogens (tertiary/aromatic N) is 1. The summed E-state index contributed by atoms with van der Waals surface area (Å²) in [7, 11) is 0. The third-order valence-electron chi connectivity index (χ3n) is 4.61. The van der Waals surface area contributed by atoms with Crippen molar-refractivity contribution in [2.75, 3.05) is 19.6 Å². The molecule has 112 valence electrons. The zero-order chi connectivity index (χ0) is 14.4. The van der Waals surface area contributed by atoms with Gasteiger partial charge in [-0.05, 0) is 45.2 Å². The van der Waals surface area contributed by atoms with E-state index in [2.05, 4.69) is 54.4 Å². The number of benzene rings is 1. The molecule has 1 unspecified atom stereocenters. The summed E-state index contributed by atoms with van der Waals surface area (Å²) in [5, 5.41) is 3.75. The lowest BCUT2D eigenvalue weighted by molar-refractivity contribution is 0.218. The van der Waals surface area contributed by atoms with Crippen LogP contribution in [0.15, 0.2) is 30.3 Å². The molecular formula is C17H29N3. The lowest BCUT2D eigenvalue weighted by Crippen LogP contribution is -2.51. The van der Waals surface area contributed by atoms with Crippen LogP contribution >= 0.6 is 0 Å². The van der Waals surface area contributed by atoms with E-state index in [0.717, 1.165) is 26.1 Å². The van der Waals surface area contributed by atoms with Gasteiger partial charge in [0.1, 0.15) is 0 Å². The largest absolute Gasteiger partial charge is 0.329 e. The van der Waals surface area contributed by atoms with Gasteiger partial charge in [0.2, 0.25) is 0 Å². The van der Waals surface area contributed by atoms with Gasteiger partial charge in [-0.3, -0.25) is 0 Å². The van der Waals surface area contributed by atoms with E-state index in [0.29, 0.717) is 6.04 Å². The normalized spacial score (nSPS) is 24.8. The van der Waals surface area contributed by atoms with Crippen LogP contribution in [-0.2, 0) is 6.54 Å². The fourth-order valence-electron chi connectivity index (χ4n) is 3.07. The Morgan fingerprint density at radius 1 is 1.20 bits per heavy atom. The Kier molecular flexibility index (Phi) is 5.58. The van der Waals surface area contributed by atoms with Crippen molar-refractivity contribution in [3.63, 3.8) is 0 Å². The summed E-state index contributed by atoms with van der Waals surface area (Å²) in [6.07, 6.45) is 3.56. The minimum absolute atomic E-state index is 0.111. The van der Waals surface area contributed by atoms with Gasteiger partial charge in [-0.1, -0.05) is 30.3 Å². The second-order valence-electron chi connectivity index (χ2n) is 6.31. The quantitative estimate of drug-likeness (QED) is 0.867. The van der Waals surface area contributed by atoms with E-state index in [1.807, 2.05) is 0 Å². The van der Waals surface area contributed by atoms with Gasteiger partial charge in [0.05, 0.1) is 0 Å². The number of nitrogens with two attached hydrogens (primary N) is 1. The predicted molar refractivity (Wildman–Crippen MR) is 85.6 cm³/mol. The van der Waals surface area contributed by atoms with E-state index in [9.17, 15) is 0 Å². The molecule has 0 spiro atoms. The molecule has 2 rings (SSSR count). The van der Waals surface area contributed by atoms with Crippen LogP contribution in [0.1, 0.15) is 38.7 Å². The zero-order valence-corrected chi connectivity index (χ0v) is 12.9. The van der Waals surface area contributed by atoms with Gasteiger partial charge >= 0.3 is 0 Å². The summed E-state index contributed by atoms with van der Waals surface area (Å²) in [6, 6.07) is 11.2. The van der Waals surface area contributed by atoms with Crippen molar-refractivity contribution in [3.8, 4) is 0 Å². The molecule has 0 radical (unpaired) electrons. The summed E-state index contributed by atoms with van der Waals surface area (Å²) in [4.78, 5) is 2.57. The first-order valence-corrected chi connectivity index (χ1v) is 7.88. The molecule has 0 aromatic heterocycles. The maximum Gasteiger partial charge on any atom is 0.0319 e. The first-order valence-electron chi connectivity index (χ1n) is 7.88. The van der Waals surface area contributed by atoms with Gasteiger partial charge in [-0.15, -0.1) is 0 Å².